The molecule has 1 aromatic rings. The molecule has 1 aliphatic rings. The number of nitrogens with one attached hydrogen (secondary N) is 1. The number of ether oxygens (including phenoxy) is 1. The number of carbonyl (C=O) groups excluding carboxylic acids is 1. The molecule has 0 spiro atoms. The van der Waals surface area contributed by atoms with Crippen LogP contribution in [0, 0.1) is 12.7 Å². The van der Waals surface area contributed by atoms with Crippen molar-refractivity contribution in [1.82, 2.24) is 5.32 Å². The lowest BCUT2D eigenvalue weighted by Crippen LogP contribution is -2.51. The summed E-state index contributed by atoms with van der Waals surface area (Å²) in [6.45, 7) is 4.99. The summed E-state index contributed by atoms with van der Waals surface area (Å²) in [6, 6.07) is 4.20. The molecular formula is C14H18FNO2. The Morgan fingerprint density at radius 1 is 1.50 bits per heavy atom. The van der Waals surface area contributed by atoms with E-state index in [9.17, 15) is 9.18 Å². The molecule has 1 heterocycles. The second kappa shape index (κ2) is 5.06. The fourth-order valence-electron chi connectivity index (χ4n) is 2.26. The molecule has 2 rings (SSSR count). The van der Waals surface area contributed by atoms with E-state index < -0.39 is 0 Å². The van der Waals surface area contributed by atoms with E-state index in [1.54, 1.807) is 6.92 Å². The van der Waals surface area contributed by atoms with Crippen molar-refractivity contribution in [2.45, 2.75) is 32.2 Å². The summed E-state index contributed by atoms with van der Waals surface area (Å²) >= 11 is 0. The first kappa shape index (κ1) is 13.0. The van der Waals surface area contributed by atoms with Gasteiger partial charge in [0.2, 0.25) is 0 Å². The molecule has 1 unspecified atom stereocenters. The quantitative estimate of drug-likeness (QED) is 0.876. The maximum Gasteiger partial charge on any atom is 0.252 e. The zero-order chi connectivity index (χ0) is 13.2. The highest BCUT2D eigenvalue weighted by Gasteiger charge is 2.29. The van der Waals surface area contributed by atoms with Gasteiger partial charge in [0.1, 0.15) is 5.82 Å². The number of amides is 1. The number of aryl methyl sites for hydroxylation is 1. The van der Waals surface area contributed by atoms with Crippen molar-refractivity contribution in [2.24, 2.45) is 0 Å². The van der Waals surface area contributed by atoms with E-state index >= 15 is 0 Å². The van der Waals surface area contributed by atoms with Gasteiger partial charge in [0, 0.05) is 12.2 Å². The molecule has 0 radical (unpaired) electrons. The molecule has 0 bridgehead atoms. The van der Waals surface area contributed by atoms with Gasteiger partial charge in [-0.1, -0.05) is 0 Å². The summed E-state index contributed by atoms with van der Waals surface area (Å²) in [5.41, 5.74) is 0.840. The van der Waals surface area contributed by atoms with Crippen LogP contribution >= 0.6 is 0 Å². The average molecular weight is 251 g/mol. The number of rotatable bonds is 2. The second-order valence-electron chi connectivity index (χ2n) is 5.13. The van der Waals surface area contributed by atoms with E-state index in [1.807, 2.05) is 6.92 Å². The standard InChI is InChI=1S/C14H18FNO2/c1-10-8-11(15)4-5-12(10)13(17)16-14(2)6-3-7-18-9-14/h4-5,8H,3,6-7,9H2,1-2H3,(H,16,17). The van der Waals surface area contributed by atoms with Crippen LogP contribution in [0.2, 0.25) is 0 Å². The van der Waals surface area contributed by atoms with Gasteiger partial charge in [-0.05, 0) is 50.5 Å². The third-order valence-electron chi connectivity index (χ3n) is 3.29. The first-order valence-electron chi connectivity index (χ1n) is 6.17. The van der Waals surface area contributed by atoms with Crippen molar-refractivity contribution in [1.29, 1.82) is 0 Å². The van der Waals surface area contributed by atoms with Crippen molar-refractivity contribution < 1.29 is 13.9 Å². The number of hydrogen-bond donors (Lipinski definition) is 1. The SMILES string of the molecule is Cc1cc(F)ccc1C(=O)NC1(C)CCCOC1. The van der Waals surface area contributed by atoms with Gasteiger partial charge in [-0.2, -0.15) is 0 Å². The Kier molecular flexibility index (Phi) is 3.66. The Bertz CT molecular complexity index is 453. The van der Waals surface area contributed by atoms with Gasteiger partial charge in [-0.3, -0.25) is 4.79 Å². The highest BCUT2D eigenvalue weighted by molar-refractivity contribution is 5.96. The van der Waals surface area contributed by atoms with Crippen LogP contribution in [-0.4, -0.2) is 24.7 Å². The molecule has 0 saturated carbocycles. The number of carbonyl (C=O) groups is 1. The van der Waals surface area contributed by atoms with Crippen LogP contribution in [0.1, 0.15) is 35.7 Å². The lowest BCUT2D eigenvalue weighted by molar-refractivity contribution is 0.0272. The monoisotopic (exact) mass is 251 g/mol. The summed E-state index contributed by atoms with van der Waals surface area (Å²) in [6.07, 6.45) is 1.85. The lowest BCUT2D eigenvalue weighted by Gasteiger charge is -2.34. The number of benzene rings is 1. The molecular weight excluding hydrogens is 233 g/mol. The molecule has 1 aliphatic heterocycles. The van der Waals surface area contributed by atoms with Gasteiger partial charge >= 0.3 is 0 Å². The molecule has 3 nitrogen and oxygen atoms in total. The topological polar surface area (TPSA) is 38.3 Å². The maximum absolute atomic E-state index is 13.0. The summed E-state index contributed by atoms with van der Waals surface area (Å²) in [5.74, 6) is -0.489. The van der Waals surface area contributed by atoms with Crippen molar-refractivity contribution in [2.75, 3.05) is 13.2 Å². The molecule has 1 N–H and O–H groups in total. The zero-order valence-electron chi connectivity index (χ0n) is 10.8. The first-order chi connectivity index (χ1) is 8.50. The van der Waals surface area contributed by atoms with Crippen molar-refractivity contribution in [3.63, 3.8) is 0 Å². The van der Waals surface area contributed by atoms with Crippen LogP contribution in [0.4, 0.5) is 4.39 Å². The van der Waals surface area contributed by atoms with E-state index in [-0.39, 0.29) is 17.3 Å². The van der Waals surface area contributed by atoms with Crippen LogP contribution in [0.3, 0.4) is 0 Å². The predicted octanol–water partition coefficient (Wildman–Crippen LogP) is 2.43. The molecule has 1 fully saturated rings. The van der Waals surface area contributed by atoms with Gasteiger partial charge in [-0.25, -0.2) is 4.39 Å². The van der Waals surface area contributed by atoms with E-state index in [4.69, 9.17) is 4.74 Å². The fraction of sp³-hybridized carbons (Fsp3) is 0.500. The smallest absolute Gasteiger partial charge is 0.252 e. The van der Waals surface area contributed by atoms with Crippen LogP contribution in [0.5, 0.6) is 0 Å². The molecule has 0 aliphatic carbocycles. The predicted molar refractivity (Wildman–Crippen MR) is 67.1 cm³/mol. The zero-order valence-corrected chi connectivity index (χ0v) is 10.8. The minimum absolute atomic E-state index is 0.166. The van der Waals surface area contributed by atoms with Crippen LogP contribution in [0.15, 0.2) is 18.2 Å². The number of halogens is 1. The van der Waals surface area contributed by atoms with Crippen LogP contribution in [-0.2, 0) is 4.74 Å². The van der Waals surface area contributed by atoms with E-state index in [1.165, 1.54) is 18.2 Å². The van der Waals surface area contributed by atoms with Crippen molar-refractivity contribution >= 4 is 5.91 Å². The van der Waals surface area contributed by atoms with E-state index in [0.717, 1.165) is 19.4 Å². The van der Waals surface area contributed by atoms with Gasteiger partial charge in [0.05, 0.1) is 12.1 Å². The Balaban J connectivity index is 2.11. The molecule has 98 valence electrons. The van der Waals surface area contributed by atoms with Gasteiger partial charge in [0.15, 0.2) is 0 Å². The Hall–Kier alpha value is -1.42. The normalized spacial score (nSPS) is 23.7. The highest BCUT2D eigenvalue weighted by Crippen LogP contribution is 2.19. The Morgan fingerprint density at radius 2 is 2.28 bits per heavy atom. The highest BCUT2D eigenvalue weighted by atomic mass is 19.1. The van der Waals surface area contributed by atoms with Crippen molar-refractivity contribution in [3.8, 4) is 0 Å². The lowest BCUT2D eigenvalue weighted by atomic mass is 9.94. The molecule has 0 aromatic heterocycles. The molecule has 1 amide bonds. The first-order valence-corrected chi connectivity index (χ1v) is 6.17. The maximum atomic E-state index is 13.0. The van der Waals surface area contributed by atoms with Gasteiger partial charge in [0.25, 0.3) is 5.91 Å². The number of hydrogen-bond acceptors (Lipinski definition) is 2. The Labute approximate surface area is 106 Å². The fourth-order valence-corrected chi connectivity index (χ4v) is 2.26. The summed E-state index contributed by atoms with van der Waals surface area (Å²) in [5, 5.41) is 2.99. The third-order valence-corrected chi connectivity index (χ3v) is 3.29. The summed E-state index contributed by atoms with van der Waals surface area (Å²) in [7, 11) is 0. The molecule has 1 saturated heterocycles. The summed E-state index contributed by atoms with van der Waals surface area (Å²) < 4.78 is 18.4. The van der Waals surface area contributed by atoms with Gasteiger partial charge in [-0.15, -0.1) is 0 Å². The van der Waals surface area contributed by atoms with Crippen LogP contribution < -0.4 is 5.32 Å². The largest absolute Gasteiger partial charge is 0.379 e. The van der Waals surface area contributed by atoms with E-state index in [2.05, 4.69) is 5.32 Å². The molecule has 1 atom stereocenters. The Morgan fingerprint density at radius 3 is 2.89 bits per heavy atom. The third kappa shape index (κ3) is 2.88. The molecule has 4 heteroatoms. The second-order valence-corrected chi connectivity index (χ2v) is 5.13. The molecule has 18 heavy (non-hydrogen) atoms. The van der Waals surface area contributed by atoms with Crippen LogP contribution in [0.25, 0.3) is 0 Å². The molecule has 1 aromatic carbocycles. The van der Waals surface area contributed by atoms with E-state index in [0.29, 0.717) is 17.7 Å². The minimum atomic E-state index is -0.323. The van der Waals surface area contributed by atoms with Crippen molar-refractivity contribution in [3.05, 3.63) is 35.1 Å². The summed E-state index contributed by atoms with van der Waals surface area (Å²) in [4.78, 5) is 12.2. The van der Waals surface area contributed by atoms with Gasteiger partial charge < -0.3 is 10.1 Å². The minimum Gasteiger partial charge on any atom is -0.379 e. The average Bonchev–Trinajstić information content (AvgIpc) is 2.28.